The van der Waals surface area contributed by atoms with Crippen LogP contribution in [-0.4, -0.2) is 14.2 Å². The number of ether oxygens (including phenoxy) is 2. The molecule has 1 aromatic carbocycles. The number of methoxy groups -OCH3 is 2. The molecule has 0 aliphatic heterocycles. The first-order valence-electron chi connectivity index (χ1n) is 3.51. The highest BCUT2D eigenvalue weighted by molar-refractivity contribution is 5.53. The largest absolute Gasteiger partial charge is 0.493 e. The molecule has 0 fully saturated rings. The van der Waals surface area contributed by atoms with Gasteiger partial charge in [-0.1, -0.05) is 12.0 Å². The summed E-state index contributed by atoms with van der Waals surface area (Å²) in [6.45, 7) is 0. The van der Waals surface area contributed by atoms with Gasteiger partial charge >= 0.3 is 0 Å². The van der Waals surface area contributed by atoms with Crippen molar-refractivity contribution in [3.05, 3.63) is 23.8 Å². The monoisotopic (exact) mass is 162 g/mol. The normalized spacial score (nSPS) is 8.75. The first-order chi connectivity index (χ1) is 5.83. The van der Waals surface area contributed by atoms with E-state index >= 15 is 0 Å². The number of terminal acetylenes is 1. The molecule has 1 rings (SSSR count). The van der Waals surface area contributed by atoms with Gasteiger partial charge in [-0.05, 0) is 12.1 Å². The molecule has 0 radical (unpaired) electrons. The van der Waals surface area contributed by atoms with Crippen LogP contribution in [0, 0.1) is 12.3 Å². The third-order valence-electron chi connectivity index (χ3n) is 1.56. The standard InChI is InChI=1S/C10H10O2/c1-4-8-6-5-7-9(11-2)10(8)12-3/h1,5-7H,2-3H3. The van der Waals surface area contributed by atoms with E-state index in [-0.39, 0.29) is 0 Å². The quantitative estimate of drug-likeness (QED) is 0.616. The van der Waals surface area contributed by atoms with Crippen LogP contribution in [0.3, 0.4) is 0 Å². The third kappa shape index (κ3) is 1.35. The van der Waals surface area contributed by atoms with Gasteiger partial charge in [0.25, 0.3) is 0 Å². The molecule has 0 heterocycles. The fourth-order valence-corrected chi connectivity index (χ4v) is 1.00. The topological polar surface area (TPSA) is 18.5 Å². The number of para-hydroxylation sites is 1. The van der Waals surface area contributed by atoms with Crippen LogP contribution in [0.25, 0.3) is 0 Å². The van der Waals surface area contributed by atoms with Crippen LogP contribution >= 0.6 is 0 Å². The number of rotatable bonds is 2. The van der Waals surface area contributed by atoms with Gasteiger partial charge in [-0.3, -0.25) is 0 Å². The zero-order valence-electron chi connectivity index (χ0n) is 7.13. The van der Waals surface area contributed by atoms with Crippen molar-refractivity contribution in [1.29, 1.82) is 0 Å². The Morgan fingerprint density at radius 3 is 2.50 bits per heavy atom. The Hall–Kier alpha value is -1.62. The molecule has 0 saturated carbocycles. The van der Waals surface area contributed by atoms with Crippen LogP contribution < -0.4 is 9.47 Å². The molecule has 0 spiro atoms. The molecule has 2 nitrogen and oxygen atoms in total. The molecule has 0 atom stereocenters. The smallest absolute Gasteiger partial charge is 0.176 e. The Labute approximate surface area is 72.1 Å². The summed E-state index contributed by atoms with van der Waals surface area (Å²) in [7, 11) is 3.15. The van der Waals surface area contributed by atoms with Crippen LogP contribution in [0.1, 0.15) is 5.56 Å². The number of hydrogen-bond donors (Lipinski definition) is 0. The fraction of sp³-hybridized carbons (Fsp3) is 0.200. The average Bonchev–Trinajstić information content (AvgIpc) is 2.16. The van der Waals surface area contributed by atoms with Gasteiger partial charge in [0, 0.05) is 0 Å². The molecule has 12 heavy (non-hydrogen) atoms. The summed E-state index contributed by atoms with van der Waals surface area (Å²) in [4.78, 5) is 0. The van der Waals surface area contributed by atoms with Gasteiger partial charge in [0.1, 0.15) is 0 Å². The van der Waals surface area contributed by atoms with Crippen molar-refractivity contribution < 1.29 is 9.47 Å². The van der Waals surface area contributed by atoms with E-state index in [1.807, 2.05) is 6.07 Å². The van der Waals surface area contributed by atoms with Gasteiger partial charge in [-0.15, -0.1) is 6.42 Å². The van der Waals surface area contributed by atoms with Gasteiger partial charge in [0.2, 0.25) is 0 Å². The number of hydrogen-bond acceptors (Lipinski definition) is 2. The van der Waals surface area contributed by atoms with E-state index in [1.54, 1.807) is 26.4 Å². The Kier molecular flexibility index (Phi) is 2.60. The molecular formula is C10H10O2. The van der Waals surface area contributed by atoms with Crippen molar-refractivity contribution >= 4 is 0 Å². The van der Waals surface area contributed by atoms with E-state index in [9.17, 15) is 0 Å². The minimum Gasteiger partial charge on any atom is -0.493 e. The molecule has 0 bridgehead atoms. The minimum absolute atomic E-state index is 0.613. The highest BCUT2D eigenvalue weighted by Crippen LogP contribution is 2.29. The van der Waals surface area contributed by atoms with Crippen molar-refractivity contribution in [2.45, 2.75) is 0 Å². The van der Waals surface area contributed by atoms with E-state index in [0.29, 0.717) is 17.1 Å². The van der Waals surface area contributed by atoms with Crippen molar-refractivity contribution in [3.8, 4) is 23.8 Å². The molecule has 0 unspecified atom stereocenters. The maximum Gasteiger partial charge on any atom is 0.176 e. The molecule has 0 N–H and O–H groups in total. The second-order valence-corrected chi connectivity index (χ2v) is 2.19. The van der Waals surface area contributed by atoms with Crippen LogP contribution in [0.4, 0.5) is 0 Å². The fourth-order valence-electron chi connectivity index (χ4n) is 1.00. The molecule has 0 amide bonds. The van der Waals surface area contributed by atoms with Crippen molar-refractivity contribution in [3.63, 3.8) is 0 Å². The van der Waals surface area contributed by atoms with Crippen LogP contribution in [0.5, 0.6) is 11.5 Å². The second-order valence-electron chi connectivity index (χ2n) is 2.19. The first-order valence-corrected chi connectivity index (χ1v) is 3.51. The maximum atomic E-state index is 5.26. The highest BCUT2D eigenvalue weighted by Gasteiger charge is 2.05. The lowest BCUT2D eigenvalue weighted by Gasteiger charge is -2.08. The minimum atomic E-state index is 0.613. The van der Waals surface area contributed by atoms with Crippen LogP contribution in [0.15, 0.2) is 18.2 Å². The van der Waals surface area contributed by atoms with Gasteiger partial charge in [-0.25, -0.2) is 0 Å². The third-order valence-corrected chi connectivity index (χ3v) is 1.56. The van der Waals surface area contributed by atoms with Crippen LogP contribution in [0.2, 0.25) is 0 Å². The molecule has 0 aromatic heterocycles. The Balaban J connectivity index is 3.24. The second kappa shape index (κ2) is 3.68. The molecule has 62 valence electrons. The van der Waals surface area contributed by atoms with Crippen molar-refractivity contribution in [2.75, 3.05) is 14.2 Å². The summed E-state index contributed by atoms with van der Waals surface area (Å²) < 4.78 is 10.1. The average molecular weight is 162 g/mol. The summed E-state index contributed by atoms with van der Waals surface area (Å²) in [5.74, 6) is 3.79. The van der Waals surface area contributed by atoms with E-state index in [1.165, 1.54) is 0 Å². The van der Waals surface area contributed by atoms with Crippen LogP contribution in [-0.2, 0) is 0 Å². The van der Waals surface area contributed by atoms with Gasteiger partial charge < -0.3 is 9.47 Å². The summed E-state index contributed by atoms with van der Waals surface area (Å²) in [5.41, 5.74) is 0.705. The van der Waals surface area contributed by atoms with Gasteiger partial charge in [0.05, 0.1) is 19.8 Å². The summed E-state index contributed by atoms with van der Waals surface area (Å²) in [5, 5.41) is 0. The van der Waals surface area contributed by atoms with Gasteiger partial charge in [-0.2, -0.15) is 0 Å². The van der Waals surface area contributed by atoms with Crippen molar-refractivity contribution in [1.82, 2.24) is 0 Å². The zero-order valence-corrected chi connectivity index (χ0v) is 7.13. The summed E-state index contributed by atoms with van der Waals surface area (Å²) in [6, 6.07) is 5.44. The van der Waals surface area contributed by atoms with E-state index in [0.717, 1.165) is 0 Å². The SMILES string of the molecule is C#Cc1cccc(OC)c1OC. The lowest BCUT2D eigenvalue weighted by atomic mass is 10.2. The lowest BCUT2D eigenvalue weighted by molar-refractivity contribution is 0.354. The predicted octanol–water partition coefficient (Wildman–Crippen LogP) is 1.69. The highest BCUT2D eigenvalue weighted by atomic mass is 16.5. The Morgan fingerprint density at radius 2 is 2.00 bits per heavy atom. The predicted molar refractivity (Wildman–Crippen MR) is 47.5 cm³/mol. The Bertz CT molecular complexity index is 310. The van der Waals surface area contributed by atoms with E-state index in [2.05, 4.69) is 5.92 Å². The molecule has 0 aliphatic carbocycles. The maximum absolute atomic E-state index is 5.26. The van der Waals surface area contributed by atoms with E-state index in [4.69, 9.17) is 15.9 Å². The summed E-state index contributed by atoms with van der Waals surface area (Å²) >= 11 is 0. The van der Waals surface area contributed by atoms with Crippen molar-refractivity contribution in [2.24, 2.45) is 0 Å². The molecule has 0 saturated heterocycles. The lowest BCUT2D eigenvalue weighted by Crippen LogP contribution is -1.92. The Morgan fingerprint density at radius 1 is 1.25 bits per heavy atom. The molecule has 2 heteroatoms. The summed E-state index contributed by atoms with van der Waals surface area (Å²) in [6.07, 6.45) is 5.26. The molecular weight excluding hydrogens is 152 g/mol. The number of benzene rings is 1. The molecule has 0 aliphatic rings. The van der Waals surface area contributed by atoms with Gasteiger partial charge in [0.15, 0.2) is 11.5 Å². The zero-order chi connectivity index (χ0) is 8.97. The molecule has 1 aromatic rings. The van der Waals surface area contributed by atoms with E-state index < -0.39 is 0 Å². The first kappa shape index (κ1) is 8.48.